The first-order valence-corrected chi connectivity index (χ1v) is 5.71. The van der Waals surface area contributed by atoms with Gasteiger partial charge < -0.3 is 19.3 Å². The molecular weight excluding hydrogens is 243 g/mol. The monoisotopic (exact) mass is 252 g/mol. The van der Waals surface area contributed by atoms with Gasteiger partial charge in [-0.25, -0.2) is 0 Å². The topological polar surface area (TPSA) is 55.9 Å². The minimum atomic E-state index is -0.902. The molecule has 1 N–H and O–H groups in total. The van der Waals surface area contributed by atoms with Crippen molar-refractivity contribution in [3.8, 4) is 11.6 Å². The molecule has 3 rings (SSSR count). The van der Waals surface area contributed by atoms with Gasteiger partial charge in [-0.15, -0.1) is 0 Å². The van der Waals surface area contributed by atoms with Crippen molar-refractivity contribution >= 4 is 18.4 Å². The van der Waals surface area contributed by atoms with Crippen molar-refractivity contribution in [3.05, 3.63) is 53.4 Å². The van der Waals surface area contributed by atoms with E-state index in [0.29, 0.717) is 23.7 Å². The molecule has 0 fully saturated rings. The number of hydrogen-bond donors (Lipinski definition) is 1. The van der Waals surface area contributed by atoms with Gasteiger partial charge in [0, 0.05) is 6.07 Å². The second-order valence-corrected chi connectivity index (χ2v) is 4.07. The summed E-state index contributed by atoms with van der Waals surface area (Å²) in [6.07, 6.45) is 0. The van der Waals surface area contributed by atoms with E-state index in [1.165, 1.54) is 0 Å². The zero-order chi connectivity index (χ0) is 13.2. The van der Waals surface area contributed by atoms with Gasteiger partial charge in [-0.05, 0) is 29.2 Å². The summed E-state index contributed by atoms with van der Waals surface area (Å²) in [4.78, 5) is 7.27. The predicted molar refractivity (Wildman–Crippen MR) is 69.4 cm³/mol. The minimum absolute atomic E-state index is 0.280. The molecule has 0 radical (unpaired) electrons. The van der Waals surface area contributed by atoms with E-state index in [4.69, 9.17) is 16.0 Å². The zero-order valence-electron chi connectivity index (χ0n) is 9.91. The fraction of sp³-hybridized carbons (Fsp3) is 0.0769. The van der Waals surface area contributed by atoms with Crippen molar-refractivity contribution in [2.45, 2.75) is 6.61 Å². The average Bonchev–Trinajstić information content (AvgIpc) is 2.80. The molecule has 1 aliphatic heterocycles. The van der Waals surface area contributed by atoms with Crippen LogP contribution in [0.15, 0.2) is 36.4 Å². The highest BCUT2D eigenvalue weighted by molar-refractivity contribution is 6.61. The standard InChI is InChI=1S/C13H9BN2O3/c1-15-12-3-2-4-13(16-12)19-10-6-5-9-8-18-14(17)11(9)7-10/h2-7,17H,8H2. The third-order valence-corrected chi connectivity index (χ3v) is 2.83. The third-order valence-electron chi connectivity index (χ3n) is 2.83. The number of rotatable bonds is 2. The van der Waals surface area contributed by atoms with Crippen LogP contribution < -0.4 is 10.2 Å². The van der Waals surface area contributed by atoms with Crippen LogP contribution in [0, 0.1) is 6.57 Å². The van der Waals surface area contributed by atoms with Crippen LogP contribution in [0.3, 0.4) is 0 Å². The lowest BCUT2D eigenvalue weighted by Gasteiger charge is -2.04. The van der Waals surface area contributed by atoms with Gasteiger partial charge in [-0.2, -0.15) is 0 Å². The van der Waals surface area contributed by atoms with Gasteiger partial charge >= 0.3 is 13.0 Å². The first kappa shape index (κ1) is 11.7. The van der Waals surface area contributed by atoms with Gasteiger partial charge in [0.15, 0.2) is 0 Å². The molecule has 2 aromatic rings. The van der Waals surface area contributed by atoms with Crippen molar-refractivity contribution < 1.29 is 14.4 Å². The Morgan fingerprint density at radius 3 is 3.11 bits per heavy atom. The number of hydrogen-bond acceptors (Lipinski definition) is 4. The van der Waals surface area contributed by atoms with Gasteiger partial charge in [0.1, 0.15) is 5.75 Å². The van der Waals surface area contributed by atoms with Crippen LogP contribution in [0.2, 0.25) is 0 Å². The Morgan fingerprint density at radius 1 is 1.37 bits per heavy atom. The highest BCUT2D eigenvalue weighted by Crippen LogP contribution is 2.23. The third kappa shape index (κ3) is 2.29. The molecule has 0 saturated carbocycles. The lowest BCUT2D eigenvalue weighted by atomic mass is 9.79. The summed E-state index contributed by atoms with van der Waals surface area (Å²) in [7, 11) is -0.902. The second kappa shape index (κ2) is 4.73. The predicted octanol–water partition coefficient (Wildman–Crippen LogP) is 1.64. The summed E-state index contributed by atoms with van der Waals surface area (Å²) in [6, 6.07) is 10.3. The van der Waals surface area contributed by atoms with Crippen molar-refractivity contribution in [1.29, 1.82) is 0 Å². The maximum Gasteiger partial charge on any atom is 0.491 e. The minimum Gasteiger partial charge on any atom is -0.423 e. The van der Waals surface area contributed by atoms with Crippen LogP contribution in [-0.2, 0) is 11.3 Å². The van der Waals surface area contributed by atoms with Crippen LogP contribution in [0.1, 0.15) is 5.56 Å². The molecule has 0 bridgehead atoms. The smallest absolute Gasteiger partial charge is 0.423 e. The number of fused-ring (bicyclic) bond motifs is 1. The second-order valence-electron chi connectivity index (χ2n) is 4.07. The Kier molecular flexibility index (Phi) is 2.92. The summed E-state index contributed by atoms with van der Waals surface area (Å²) in [5.41, 5.74) is 1.65. The number of aromatic nitrogens is 1. The Balaban J connectivity index is 1.88. The summed E-state index contributed by atoms with van der Waals surface area (Å²) >= 11 is 0. The van der Waals surface area contributed by atoms with E-state index in [1.807, 2.05) is 6.07 Å². The maximum absolute atomic E-state index is 9.62. The molecule has 6 heteroatoms. The average molecular weight is 252 g/mol. The van der Waals surface area contributed by atoms with E-state index in [1.54, 1.807) is 30.3 Å². The highest BCUT2D eigenvalue weighted by atomic mass is 16.5. The number of benzene rings is 1. The van der Waals surface area contributed by atoms with Crippen molar-refractivity contribution in [2.24, 2.45) is 0 Å². The number of ether oxygens (including phenoxy) is 1. The first-order chi connectivity index (χ1) is 9.26. The van der Waals surface area contributed by atoms with Gasteiger partial charge in [-0.1, -0.05) is 23.7 Å². The summed E-state index contributed by atoms with van der Waals surface area (Å²) < 4.78 is 10.7. The van der Waals surface area contributed by atoms with Crippen molar-refractivity contribution in [1.82, 2.24) is 4.98 Å². The molecule has 0 atom stereocenters. The molecule has 5 nitrogen and oxygen atoms in total. The molecule has 0 spiro atoms. The lowest BCUT2D eigenvalue weighted by molar-refractivity contribution is 0.275. The molecule has 92 valence electrons. The van der Waals surface area contributed by atoms with Crippen molar-refractivity contribution in [2.75, 3.05) is 0 Å². The molecule has 1 aliphatic rings. The lowest BCUT2D eigenvalue weighted by Crippen LogP contribution is -2.27. The van der Waals surface area contributed by atoms with E-state index in [2.05, 4.69) is 9.83 Å². The van der Waals surface area contributed by atoms with E-state index < -0.39 is 7.12 Å². The first-order valence-electron chi connectivity index (χ1n) is 5.71. The quantitative estimate of drug-likeness (QED) is 0.652. The molecule has 0 saturated heterocycles. The number of nitrogens with zero attached hydrogens (tertiary/aromatic N) is 2. The zero-order valence-corrected chi connectivity index (χ0v) is 9.91. The van der Waals surface area contributed by atoms with Crippen LogP contribution in [0.4, 0.5) is 5.82 Å². The molecule has 1 aromatic carbocycles. The van der Waals surface area contributed by atoms with Crippen LogP contribution >= 0.6 is 0 Å². The number of pyridine rings is 1. The molecule has 2 heterocycles. The maximum atomic E-state index is 9.62. The van der Waals surface area contributed by atoms with E-state index in [-0.39, 0.29) is 5.82 Å². The van der Waals surface area contributed by atoms with Crippen LogP contribution in [0.5, 0.6) is 11.6 Å². The highest BCUT2D eigenvalue weighted by Gasteiger charge is 2.27. The molecule has 0 amide bonds. The molecule has 0 aliphatic carbocycles. The Morgan fingerprint density at radius 2 is 2.26 bits per heavy atom. The Bertz CT molecular complexity index is 669. The van der Waals surface area contributed by atoms with E-state index >= 15 is 0 Å². The molecule has 0 unspecified atom stereocenters. The van der Waals surface area contributed by atoms with Crippen molar-refractivity contribution in [3.63, 3.8) is 0 Å². The van der Waals surface area contributed by atoms with E-state index in [0.717, 1.165) is 5.56 Å². The van der Waals surface area contributed by atoms with Gasteiger partial charge in [0.2, 0.25) is 0 Å². The fourth-order valence-electron chi connectivity index (χ4n) is 1.90. The Labute approximate surface area is 110 Å². The molecule has 19 heavy (non-hydrogen) atoms. The Hall–Kier alpha value is -2.36. The largest absolute Gasteiger partial charge is 0.491 e. The van der Waals surface area contributed by atoms with E-state index in [9.17, 15) is 5.02 Å². The van der Waals surface area contributed by atoms with Gasteiger partial charge in [-0.3, -0.25) is 0 Å². The van der Waals surface area contributed by atoms with Gasteiger partial charge in [0.25, 0.3) is 5.82 Å². The fourth-order valence-corrected chi connectivity index (χ4v) is 1.90. The van der Waals surface area contributed by atoms with Crippen LogP contribution in [0.25, 0.3) is 4.85 Å². The normalized spacial score (nSPS) is 12.9. The summed E-state index contributed by atoms with van der Waals surface area (Å²) in [5.74, 6) is 1.18. The van der Waals surface area contributed by atoms with Gasteiger partial charge in [0.05, 0.1) is 6.61 Å². The molecular formula is C13H9BN2O3. The van der Waals surface area contributed by atoms with Crippen LogP contribution in [-0.4, -0.2) is 17.1 Å². The summed E-state index contributed by atoms with van der Waals surface area (Å²) in [6.45, 7) is 7.31. The molecule has 1 aromatic heterocycles. The SMILES string of the molecule is [C-]#[N+]c1cccc(Oc2ccc3c(c2)B(O)OC3)n1. The summed E-state index contributed by atoms with van der Waals surface area (Å²) in [5, 5.41) is 9.62.